The van der Waals surface area contributed by atoms with Gasteiger partial charge in [0.2, 0.25) is 0 Å². The molecule has 2 bridgehead atoms. The van der Waals surface area contributed by atoms with Gasteiger partial charge >= 0.3 is 5.97 Å². The van der Waals surface area contributed by atoms with E-state index in [0.29, 0.717) is 12.0 Å². The summed E-state index contributed by atoms with van der Waals surface area (Å²) < 4.78 is 0. The number of amides is 1. The number of nitrogens with zero attached hydrogens (tertiary/aromatic N) is 1. The molecule has 0 radical (unpaired) electrons. The molecule has 2 N–H and O–H groups in total. The summed E-state index contributed by atoms with van der Waals surface area (Å²) in [6.45, 7) is 1.67. The number of carbonyl (C=O) groups excluding carboxylic acids is 1. The summed E-state index contributed by atoms with van der Waals surface area (Å²) in [6.07, 6.45) is 2.37. The van der Waals surface area contributed by atoms with Crippen LogP contribution in [0, 0.1) is 5.92 Å². The number of hydrogen-bond donors (Lipinski definition) is 2. The first-order valence-electron chi connectivity index (χ1n) is 7.53. The van der Waals surface area contributed by atoms with Crippen molar-refractivity contribution >= 4 is 11.9 Å². The molecule has 0 aliphatic carbocycles. The predicted molar refractivity (Wildman–Crippen MR) is 75.7 cm³/mol. The van der Waals surface area contributed by atoms with Crippen molar-refractivity contribution in [3.05, 3.63) is 34.9 Å². The summed E-state index contributed by atoms with van der Waals surface area (Å²) >= 11 is 0. The zero-order valence-electron chi connectivity index (χ0n) is 11.7. The standard InChI is InChI=1S/C16H18N2O3/c19-15(9-1-2-10-7-17-8-11(10)5-9)18-12-3-4-14(18)13(6-12)16(20)21/h1-2,5,12-14,17H,3-4,6-8H2,(H,20,21). The second-order valence-corrected chi connectivity index (χ2v) is 6.28. The van der Waals surface area contributed by atoms with Crippen LogP contribution in [-0.4, -0.2) is 34.0 Å². The van der Waals surface area contributed by atoms with Crippen molar-refractivity contribution in [2.45, 2.75) is 44.4 Å². The van der Waals surface area contributed by atoms with Crippen LogP contribution >= 0.6 is 0 Å². The van der Waals surface area contributed by atoms with E-state index in [1.165, 1.54) is 11.1 Å². The zero-order valence-corrected chi connectivity index (χ0v) is 11.7. The van der Waals surface area contributed by atoms with Crippen LogP contribution in [0.25, 0.3) is 0 Å². The highest BCUT2D eigenvalue weighted by Gasteiger charge is 2.51. The van der Waals surface area contributed by atoms with Gasteiger partial charge in [-0.25, -0.2) is 0 Å². The monoisotopic (exact) mass is 286 g/mol. The first-order valence-corrected chi connectivity index (χ1v) is 7.53. The second-order valence-electron chi connectivity index (χ2n) is 6.28. The van der Waals surface area contributed by atoms with E-state index >= 15 is 0 Å². The van der Waals surface area contributed by atoms with Crippen molar-refractivity contribution in [3.63, 3.8) is 0 Å². The highest BCUT2D eigenvalue weighted by Crippen LogP contribution is 2.42. The highest BCUT2D eigenvalue weighted by atomic mass is 16.4. The summed E-state index contributed by atoms with van der Waals surface area (Å²) in [5.74, 6) is -1.15. The fourth-order valence-electron chi connectivity index (χ4n) is 4.15. The number of carbonyl (C=O) groups is 2. The molecule has 0 aromatic heterocycles. The molecule has 3 aliphatic rings. The van der Waals surface area contributed by atoms with Gasteiger partial charge in [-0.1, -0.05) is 6.07 Å². The fraction of sp³-hybridized carbons (Fsp3) is 0.500. The topological polar surface area (TPSA) is 69.6 Å². The number of rotatable bonds is 2. The largest absolute Gasteiger partial charge is 0.481 e. The summed E-state index contributed by atoms with van der Waals surface area (Å²) in [4.78, 5) is 25.9. The molecule has 3 atom stereocenters. The minimum atomic E-state index is -0.766. The number of nitrogens with one attached hydrogen (secondary N) is 1. The third-order valence-corrected chi connectivity index (χ3v) is 5.17. The molecule has 1 aromatic carbocycles. The Morgan fingerprint density at radius 3 is 2.76 bits per heavy atom. The van der Waals surface area contributed by atoms with E-state index in [9.17, 15) is 14.7 Å². The molecule has 0 saturated carbocycles. The van der Waals surface area contributed by atoms with Gasteiger partial charge in [0.1, 0.15) is 0 Å². The Morgan fingerprint density at radius 2 is 2.00 bits per heavy atom. The molecule has 1 aromatic rings. The number of carboxylic acid groups (broad SMARTS) is 1. The van der Waals surface area contributed by atoms with Gasteiger partial charge in [0, 0.05) is 30.7 Å². The summed E-state index contributed by atoms with van der Waals surface area (Å²) in [5.41, 5.74) is 3.13. The third kappa shape index (κ3) is 1.87. The molecule has 5 nitrogen and oxygen atoms in total. The lowest BCUT2D eigenvalue weighted by Crippen LogP contribution is -2.37. The summed E-state index contributed by atoms with van der Waals surface area (Å²) in [5, 5.41) is 12.6. The molecule has 21 heavy (non-hydrogen) atoms. The average molecular weight is 286 g/mol. The maximum absolute atomic E-state index is 12.8. The Morgan fingerprint density at radius 1 is 1.19 bits per heavy atom. The molecule has 2 fully saturated rings. The van der Waals surface area contributed by atoms with Crippen molar-refractivity contribution < 1.29 is 14.7 Å². The van der Waals surface area contributed by atoms with Gasteiger partial charge < -0.3 is 15.3 Å². The van der Waals surface area contributed by atoms with Crippen LogP contribution in [0.5, 0.6) is 0 Å². The van der Waals surface area contributed by atoms with Gasteiger partial charge in [-0.15, -0.1) is 0 Å². The van der Waals surface area contributed by atoms with Crippen molar-refractivity contribution in [2.75, 3.05) is 0 Å². The van der Waals surface area contributed by atoms with Crippen molar-refractivity contribution in [3.8, 4) is 0 Å². The maximum atomic E-state index is 12.8. The molecule has 0 spiro atoms. The van der Waals surface area contributed by atoms with E-state index in [4.69, 9.17) is 0 Å². The Hall–Kier alpha value is -1.88. The number of benzene rings is 1. The quantitative estimate of drug-likeness (QED) is 0.861. The van der Waals surface area contributed by atoms with Gasteiger partial charge in [0.15, 0.2) is 0 Å². The van der Waals surface area contributed by atoms with E-state index in [1.54, 1.807) is 0 Å². The Balaban J connectivity index is 1.62. The smallest absolute Gasteiger partial charge is 0.308 e. The van der Waals surface area contributed by atoms with Crippen LogP contribution in [0.15, 0.2) is 18.2 Å². The maximum Gasteiger partial charge on any atom is 0.308 e. The first-order chi connectivity index (χ1) is 10.1. The van der Waals surface area contributed by atoms with E-state index in [2.05, 4.69) is 5.32 Å². The van der Waals surface area contributed by atoms with Gasteiger partial charge in [-0.05, 0) is 42.5 Å². The second kappa shape index (κ2) is 4.56. The highest BCUT2D eigenvalue weighted by molar-refractivity contribution is 5.96. The van der Waals surface area contributed by atoms with Crippen molar-refractivity contribution in [2.24, 2.45) is 5.92 Å². The lowest BCUT2D eigenvalue weighted by molar-refractivity contribution is -0.142. The van der Waals surface area contributed by atoms with Gasteiger partial charge in [-0.2, -0.15) is 0 Å². The number of carboxylic acids is 1. The van der Waals surface area contributed by atoms with E-state index in [0.717, 1.165) is 25.9 Å². The lowest BCUT2D eigenvalue weighted by atomic mass is 9.89. The van der Waals surface area contributed by atoms with Crippen LogP contribution < -0.4 is 5.32 Å². The van der Waals surface area contributed by atoms with E-state index < -0.39 is 5.97 Å². The average Bonchev–Trinajstić information content (AvgIpc) is 3.19. The van der Waals surface area contributed by atoms with Crippen molar-refractivity contribution in [1.29, 1.82) is 0 Å². The minimum absolute atomic E-state index is 0.000880. The molecule has 110 valence electrons. The summed E-state index contributed by atoms with van der Waals surface area (Å²) in [6, 6.07) is 5.84. The Bertz CT molecular complexity index is 628. The molecule has 4 rings (SSSR count). The van der Waals surface area contributed by atoms with Crippen LogP contribution in [0.2, 0.25) is 0 Å². The van der Waals surface area contributed by atoms with Crippen LogP contribution in [-0.2, 0) is 17.9 Å². The molecule has 5 heteroatoms. The van der Waals surface area contributed by atoms with E-state index in [-0.39, 0.29) is 23.9 Å². The normalized spacial score (nSPS) is 29.7. The van der Waals surface area contributed by atoms with Crippen LogP contribution in [0.1, 0.15) is 40.7 Å². The molecular weight excluding hydrogens is 268 g/mol. The molecule has 1 amide bonds. The zero-order chi connectivity index (χ0) is 14.6. The Kier molecular flexibility index (Phi) is 2.79. The minimum Gasteiger partial charge on any atom is -0.481 e. The number of fused-ring (bicyclic) bond motifs is 3. The number of hydrogen-bond acceptors (Lipinski definition) is 3. The van der Waals surface area contributed by atoms with Crippen LogP contribution in [0.3, 0.4) is 0 Å². The SMILES string of the molecule is O=C(O)C1CC2CCC1N2C(=O)c1ccc2c(c1)CNC2. The van der Waals surface area contributed by atoms with Crippen LogP contribution in [0.4, 0.5) is 0 Å². The fourth-order valence-corrected chi connectivity index (χ4v) is 4.15. The van der Waals surface area contributed by atoms with Gasteiger partial charge in [0.25, 0.3) is 5.91 Å². The first kappa shape index (κ1) is 12.8. The van der Waals surface area contributed by atoms with Gasteiger partial charge in [-0.3, -0.25) is 9.59 Å². The van der Waals surface area contributed by atoms with Gasteiger partial charge in [0.05, 0.1) is 5.92 Å². The van der Waals surface area contributed by atoms with E-state index in [1.807, 2.05) is 23.1 Å². The third-order valence-electron chi connectivity index (χ3n) is 5.17. The molecule has 3 heterocycles. The molecule has 3 aliphatic heterocycles. The lowest BCUT2D eigenvalue weighted by Gasteiger charge is -2.23. The predicted octanol–water partition coefficient (Wildman–Crippen LogP) is 1.37. The number of aliphatic carboxylic acids is 1. The molecular formula is C16H18N2O3. The molecule has 3 unspecified atom stereocenters. The Labute approximate surface area is 122 Å². The van der Waals surface area contributed by atoms with Crippen molar-refractivity contribution in [1.82, 2.24) is 10.2 Å². The molecule has 2 saturated heterocycles. The summed E-state index contributed by atoms with van der Waals surface area (Å²) in [7, 11) is 0.